The van der Waals surface area contributed by atoms with E-state index in [1.54, 1.807) is 0 Å². The Morgan fingerprint density at radius 2 is 1.81 bits per heavy atom. The minimum absolute atomic E-state index is 0.00332. The van der Waals surface area contributed by atoms with Crippen molar-refractivity contribution in [3.63, 3.8) is 0 Å². The SMILES string of the molecule is C=CCC1=Cc2[siH]c3ccccc3[siH]c2C(=O)C1CC=C. The normalized spacial score (nSPS) is 17.2. The fourth-order valence-electron chi connectivity index (χ4n) is 3.04. The third-order valence-corrected chi connectivity index (χ3v) is 8.11. The van der Waals surface area contributed by atoms with Crippen LogP contribution in [-0.2, 0) is 0 Å². The molecule has 0 aliphatic heterocycles. The molecule has 1 aromatic heterocycles. The van der Waals surface area contributed by atoms with E-state index in [-0.39, 0.29) is 24.2 Å². The Balaban J connectivity index is 2.19. The summed E-state index contributed by atoms with van der Waals surface area (Å²) < 4.78 is 0. The van der Waals surface area contributed by atoms with Gasteiger partial charge in [0.2, 0.25) is 0 Å². The Morgan fingerprint density at radius 3 is 2.48 bits per heavy atom. The lowest BCUT2D eigenvalue weighted by atomic mass is 9.84. The van der Waals surface area contributed by atoms with E-state index in [1.807, 2.05) is 12.2 Å². The number of rotatable bonds is 4. The van der Waals surface area contributed by atoms with Gasteiger partial charge in [-0.25, -0.2) is 0 Å². The molecule has 0 saturated carbocycles. The summed E-state index contributed by atoms with van der Waals surface area (Å²) in [5.74, 6) is 0.345. The van der Waals surface area contributed by atoms with Gasteiger partial charge in [-0.3, -0.25) is 4.79 Å². The molecule has 0 bridgehead atoms. The summed E-state index contributed by atoms with van der Waals surface area (Å²) in [6, 6.07) is 8.61. The number of benzene rings is 1. The first-order valence-electron chi connectivity index (χ1n) is 7.24. The second kappa shape index (κ2) is 5.96. The van der Waals surface area contributed by atoms with Crippen molar-refractivity contribution in [3.8, 4) is 0 Å². The Hall–Kier alpha value is -1.72. The van der Waals surface area contributed by atoms with Crippen LogP contribution in [0.1, 0.15) is 28.0 Å². The van der Waals surface area contributed by atoms with Crippen molar-refractivity contribution in [2.75, 3.05) is 0 Å². The van der Waals surface area contributed by atoms with Gasteiger partial charge in [-0.2, -0.15) is 0 Å². The molecule has 1 unspecified atom stereocenters. The maximum Gasteiger partial charge on any atom is 0.165 e. The molecule has 1 aromatic carbocycles. The highest BCUT2D eigenvalue weighted by molar-refractivity contribution is 6.67. The molecular formula is C18H18OSi2. The minimum Gasteiger partial charge on any atom is -0.294 e. The second-order valence-electron chi connectivity index (χ2n) is 5.44. The summed E-state index contributed by atoms with van der Waals surface area (Å²) in [6.07, 6.45) is 7.61. The average Bonchev–Trinajstić information content (AvgIpc) is 2.50. The standard InChI is InChI=1S/C18H18OSi2/c1-3-7-12-11-16-18(17(19)13(12)8-4-2)21-15-10-6-5-9-14(15)20-16/h3-6,9-11,13,20-21H,1-2,7-8H2. The summed E-state index contributed by atoms with van der Waals surface area (Å²) in [7, 11) is -0.00442. The zero-order valence-electron chi connectivity index (χ0n) is 12.0. The Kier molecular flexibility index (Phi) is 4.04. The van der Waals surface area contributed by atoms with Crippen LogP contribution in [0.15, 0.2) is 55.1 Å². The first-order valence-corrected chi connectivity index (χ1v) is 9.55. The van der Waals surface area contributed by atoms with Gasteiger partial charge in [0, 0.05) is 29.3 Å². The molecule has 104 valence electrons. The van der Waals surface area contributed by atoms with Gasteiger partial charge in [0.1, 0.15) is 0 Å². The molecule has 1 nitrogen and oxygen atoms in total. The van der Waals surface area contributed by atoms with Crippen LogP contribution in [0.5, 0.6) is 0 Å². The second-order valence-corrected chi connectivity index (χ2v) is 8.46. The number of carbonyl (C=O) groups excluding carboxylic acids is 1. The third-order valence-electron chi connectivity index (χ3n) is 4.07. The molecule has 1 heterocycles. The monoisotopic (exact) mass is 306 g/mol. The number of fused-ring (bicyclic) bond motifs is 2. The third kappa shape index (κ3) is 2.59. The van der Waals surface area contributed by atoms with Crippen LogP contribution in [0.2, 0.25) is 0 Å². The van der Waals surface area contributed by atoms with Crippen LogP contribution >= 0.6 is 0 Å². The molecule has 2 aromatic rings. The fourth-order valence-corrected chi connectivity index (χ4v) is 6.82. The summed E-state index contributed by atoms with van der Waals surface area (Å²) in [6.45, 7) is 7.65. The van der Waals surface area contributed by atoms with Crippen LogP contribution in [0.4, 0.5) is 0 Å². The molecular weight excluding hydrogens is 288 g/mol. The van der Waals surface area contributed by atoms with Crippen LogP contribution < -0.4 is 0 Å². The van der Waals surface area contributed by atoms with E-state index >= 15 is 0 Å². The van der Waals surface area contributed by atoms with E-state index in [0.717, 1.165) is 18.0 Å². The van der Waals surface area contributed by atoms with E-state index in [1.165, 1.54) is 20.7 Å². The van der Waals surface area contributed by atoms with Crippen LogP contribution in [-0.4, -0.2) is 24.0 Å². The summed E-state index contributed by atoms with van der Waals surface area (Å²) in [5, 5.41) is 2.45. The zero-order valence-corrected chi connectivity index (χ0v) is 14.3. The van der Waals surface area contributed by atoms with E-state index < -0.39 is 0 Å². The van der Waals surface area contributed by atoms with Crippen molar-refractivity contribution in [3.05, 3.63) is 65.5 Å². The van der Waals surface area contributed by atoms with Gasteiger partial charge in [-0.05, 0) is 28.0 Å². The van der Waals surface area contributed by atoms with Crippen molar-refractivity contribution in [1.82, 2.24) is 0 Å². The number of ketones is 1. The fraction of sp³-hybridized carbons (Fsp3) is 0.167. The molecule has 1 aliphatic carbocycles. The van der Waals surface area contributed by atoms with Crippen molar-refractivity contribution in [2.45, 2.75) is 12.8 Å². The number of hydrogen-bond donors (Lipinski definition) is 0. The smallest absolute Gasteiger partial charge is 0.165 e. The van der Waals surface area contributed by atoms with E-state index in [9.17, 15) is 4.79 Å². The summed E-state index contributed by atoms with van der Waals surface area (Å²) in [4.78, 5) is 15.8. The van der Waals surface area contributed by atoms with Gasteiger partial charge in [-0.15, -0.1) is 13.2 Å². The van der Waals surface area contributed by atoms with Crippen LogP contribution in [0.3, 0.4) is 0 Å². The van der Waals surface area contributed by atoms with E-state index in [2.05, 4.69) is 43.5 Å². The lowest BCUT2D eigenvalue weighted by molar-refractivity contribution is 0.0941. The molecule has 21 heavy (non-hydrogen) atoms. The number of Topliss-reactive ketones (excluding diaryl/α,β-unsaturated/α-hetero) is 1. The van der Waals surface area contributed by atoms with Gasteiger partial charge >= 0.3 is 0 Å². The highest BCUT2D eigenvalue weighted by Gasteiger charge is 2.28. The zero-order chi connectivity index (χ0) is 14.8. The molecule has 3 rings (SSSR count). The molecule has 1 atom stereocenters. The van der Waals surface area contributed by atoms with E-state index in [0.29, 0.717) is 5.78 Å². The average molecular weight is 307 g/mol. The predicted molar refractivity (Wildman–Crippen MR) is 94.9 cm³/mol. The van der Waals surface area contributed by atoms with Crippen LogP contribution in [0, 0.1) is 5.92 Å². The number of carbonyl (C=O) groups is 1. The highest BCUT2D eigenvalue weighted by atomic mass is 28.2. The Bertz CT molecular complexity index is 774. The molecule has 1 aliphatic rings. The lowest BCUT2D eigenvalue weighted by Gasteiger charge is -2.24. The maximum absolute atomic E-state index is 12.9. The largest absolute Gasteiger partial charge is 0.294 e. The molecule has 0 amide bonds. The van der Waals surface area contributed by atoms with Crippen molar-refractivity contribution >= 4 is 40.1 Å². The molecule has 3 heteroatoms. The van der Waals surface area contributed by atoms with Crippen molar-refractivity contribution in [1.29, 1.82) is 0 Å². The molecule has 0 spiro atoms. The quantitative estimate of drug-likeness (QED) is 0.625. The molecule has 0 fully saturated rings. The van der Waals surface area contributed by atoms with Gasteiger partial charge in [0.25, 0.3) is 0 Å². The topological polar surface area (TPSA) is 17.1 Å². The Labute approximate surface area is 129 Å². The van der Waals surface area contributed by atoms with Gasteiger partial charge in [0.15, 0.2) is 5.78 Å². The first-order chi connectivity index (χ1) is 10.2. The molecule has 0 N–H and O–H groups in total. The van der Waals surface area contributed by atoms with Gasteiger partial charge in [-0.1, -0.05) is 48.1 Å². The first kappa shape index (κ1) is 14.2. The van der Waals surface area contributed by atoms with Crippen molar-refractivity contribution < 1.29 is 4.79 Å². The maximum atomic E-state index is 12.9. The number of hydrogen-bond acceptors (Lipinski definition) is 1. The lowest BCUT2D eigenvalue weighted by Crippen LogP contribution is -2.23. The van der Waals surface area contributed by atoms with E-state index in [4.69, 9.17) is 0 Å². The molecule has 0 saturated heterocycles. The molecule has 0 radical (unpaired) electrons. The minimum atomic E-state index is -0.0560. The highest BCUT2D eigenvalue weighted by Crippen LogP contribution is 2.32. The number of allylic oxidation sites excluding steroid dienone is 3. The summed E-state index contributed by atoms with van der Waals surface area (Å²) in [5.41, 5.74) is 1.22. The van der Waals surface area contributed by atoms with Gasteiger partial charge < -0.3 is 0 Å². The Morgan fingerprint density at radius 1 is 1.10 bits per heavy atom. The predicted octanol–water partition coefficient (Wildman–Crippen LogP) is 3.33. The van der Waals surface area contributed by atoms with Crippen LogP contribution in [0.25, 0.3) is 16.1 Å². The van der Waals surface area contributed by atoms with Gasteiger partial charge in [0.05, 0.1) is 0 Å². The van der Waals surface area contributed by atoms with Crippen molar-refractivity contribution in [2.24, 2.45) is 5.92 Å². The summed E-state index contributed by atoms with van der Waals surface area (Å²) >= 11 is 0.